The van der Waals surface area contributed by atoms with Gasteiger partial charge in [0.1, 0.15) is 5.82 Å². The van der Waals surface area contributed by atoms with E-state index >= 15 is 0 Å². The van der Waals surface area contributed by atoms with E-state index in [0.717, 1.165) is 30.5 Å². The first kappa shape index (κ1) is 14.8. The summed E-state index contributed by atoms with van der Waals surface area (Å²) in [6.07, 6.45) is 2.65. The van der Waals surface area contributed by atoms with Crippen LogP contribution in [0, 0.1) is 12.7 Å². The highest BCUT2D eigenvalue weighted by Crippen LogP contribution is 2.31. The van der Waals surface area contributed by atoms with E-state index in [1.54, 1.807) is 19.1 Å². The summed E-state index contributed by atoms with van der Waals surface area (Å²) in [5.41, 5.74) is 4.27. The molecule has 24 heavy (non-hydrogen) atoms. The van der Waals surface area contributed by atoms with E-state index < -0.39 is 0 Å². The van der Waals surface area contributed by atoms with Crippen LogP contribution >= 0.6 is 0 Å². The van der Waals surface area contributed by atoms with Gasteiger partial charge in [0.15, 0.2) is 0 Å². The second-order valence-electron chi connectivity index (χ2n) is 6.03. The van der Waals surface area contributed by atoms with Gasteiger partial charge in [-0.05, 0) is 49.4 Å². The van der Waals surface area contributed by atoms with Gasteiger partial charge in [-0.25, -0.2) is 9.37 Å². The summed E-state index contributed by atoms with van der Waals surface area (Å²) in [6, 6.07) is 6.20. The second kappa shape index (κ2) is 5.70. The number of hydrogen-bond acceptors (Lipinski definition) is 4. The van der Waals surface area contributed by atoms with E-state index in [4.69, 9.17) is 4.52 Å². The first-order chi connectivity index (χ1) is 11.6. The van der Waals surface area contributed by atoms with Gasteiger partial charge in [-0.1, -0.05) is 17.3 Å². The van der Waals surface area contributed by atoms with E-state index in [1.807, 2.05) is 0 Å². The van der Waals surface area contributed by atoms with Crippen molar-refractivity contribution in [2.75, 3.05) is 0 Å². The van der Waals surface area contributed by atoms with E-state index in [2.05, 4.69) is 15.5 Å². The third kappa shape index (κ3) is 2.44. The van der Waals surface area contributed by atoms with Crippen LogP contribution in [-0.4, -0.2) is 16.0 Å². The molecule has 5 nitrogen and oxygen atoms in total. The summed E-state index contributed by atoms with van der Waals surface area (Å²) in [4.78, 5) is 17.3. The number of carbonyl (C=O) groups excluding carboxylic acids is 1. The van der Waals surface area contributed by atoms with Crippen molar-refractivity contribution < 1.29 is 13.7 Å². The quantitative estimate of drug-likeness (QED) is 0.803. The van der Waals surface area contributed by atoms with Crippen LogP contribution in [0.25, 0.3) is 11.1 Å². The number of rotatable bonds is 3. The Hall–Kier alpha value is -2.76. The van der Waals surface area contributed by atoms with Gasteiger partial charge in [0.25, 0.3) is 11.6 Å². The number of halogens is 1. The average molecular weight is 325 g/mol. The smallest absolute Gasteiger partial charge is 0.259 e. The van der Waals surface area contributed by atoms with Crippen molar-refractivity contribution in [3.63, 3.8) is 0 Å². The number of benzene rings is 1. The molecule has 0 fully saturated rings. The van der Waals surface area contributed by atoms with Gasteiger partial charge in [0, 0.05) is 12.2 Å². The molecule has 0 aliphatic heterocycles. The van der Waals surface area contributed by atoms with Gasteiger partial charge in [-0.2, -0.15) is 0 Å². The second-order valence-corrected chi connectivity index (χ2v) is 6.03. The molecule has 3 aromatic rings. The topological polar surface area (TPSA) is 68.0 Å². The van der Waals surface area contributed by atoms with Crippen LogP contribution < -0.4 is 5.32 Å². The highest BCUT2D eigenvalue weighted by molar-refractivity contribution is 6.07. The first-order valence-corrected chi connectivity index (χ1v) is 7.94. The maximum absolute atomic E-state index is 13.3. The Morgan fingerprint density at radius 1 is 1.38 bits per heavy atom. The lowest BCUT2D eigenvalue weighted by Gasteiger charge is -2.10. The van der Waals surface area contributed by atoms with Crippen molar-refractivity contribution in [2.24, 2.45) is 0 Å². The van der Waals surface area contributed by atoms with E-state index in [1.165, 1.54) is 12.1 Å². The van der Waals surface area contributed by atoms with Crippen LogP contribution in [0.2, 0.25) is 0 Å². The Kier molecular flexibility index (Phi) is 3.52. The molecule has 0 bridgehead atoms. The van der Waals surface area contributed by atoms with Gasteiger partial charge >= 0.3 is 0 Å². The Morgan fingerprint density at radius 3 is 3.08 bits per heavy atom. The molecule has 0 saturated carbocycles. The molecule has 122 valence electrons. The third-order valence-electron chi connectivity index (χ3n) is 4.39. The van der Waals surface area contributed by atoms with Crippen LogP contribution in [0.5, 0.6) is 0 Å². The van der Waals surface area contributed by atoms with Crippen molar-refractivity contribution in [1.82, 2.24) is 15.5 Å². The number of pyridine rings is 1. The third-order valence-corrected chi connectivity index (χ3v) is 4.39. The molecule has 1 aromatic carbocycles. The lowest BCUT2D eigenvalue weighted by Crippen LogP contribution is -2.24. The Bertz CT molecular complexity index is 949. The minimum atomic E-state index is -0.316. The van der Waals surface area contributed by atoms with Gasteiger partial charge in [0.05, 0.1) is 16.6 Å². The molecule has 4 rings (SSSR count). The zero-order chi connectivity index (χ0) is 16.7. The predicted molar refractivity (Wildman–Crippen MR) is 86.1 cm³/mol. The molecule has 0 atom stereocenters. The maximum Gasteiger partial charge on any atom is 0.259 e. The number of fused-ring (bicyclic) bond motifs is 2. The van der Waals surface area contributed by atoms with Crippen LogP contribution in [-0.2, 0) is 19.4 Å². The molecule has 0 spiro atoms. The van der Waals surface area contributed by atoms with Gasteiger partial charge in [-0.3, -0.25) is 4.79 Å². The first-order valence-electron chi connectivity index (χ1n) is 7.94. The number of aromatic nitrogens is 2. The molecule has 0 saturated heterocycles. The lowest BCUT2D eigenvalue weighted by molar-refractivity contribution is 0.0951. The molecule has 2 aromatic heterocycles. The molecule has 1 amide bonds. The van der Waals surface area contributed by atoms with Crippen molar-refractivity contribution >= 4 is 17.0 Å². The lowest BCUT2D eigenvalue weighted by atomic mass is 10.0. The van der Waals surface area contributed by atoms with Crippen LogP contribution in [0.15, 0.2) is 28.8 Å². The van der Waals surface area contributed by atoms with E-state index in [0.29, 0.717) is 27.9 Å². The number of nitrogens with one attached hydrogen (secondary N) is 1. The van der Waals surface area contributed by atoms with E-state index in [9.17, 15) is 9.18 Å². The van der Waals surface area contributed by atoms with Crippen molar-refractivity contribution in [2.45, 2.75) is 32.7 Å². The van der Waals surface area contributed by atoms with Gasteiger partial charge in [0.2, 0.25) is 0 Å². The maximum atomic E-state index is 13.3. The van der Waals surface area contributed by atoms with Crippen LogP contribution in [0.3, 0.4) is 0 Å². The molecule has 0 radical (unpaired) electrons. The highest BCUT2D eigenvalue weighted by atomic mass is 19.1. The predicted octanol–water partition coefficient (Wildman–Crippen LogP) is 3.09. The molecule has 1 N–H and O–H groups in total. The fourth-order valence-corrected chi connectivity index (χ4v) is 3.28. The summed E-state index contributed by atoms with van der Waals surface area (Å²) in [7, 11) is 0. The van der Waals surface area contributed by atoms with Crippen LogP contribution in [0.4, 0.5) is 4.39 Å². The molecule has 2 heterocycles. The normalized spacial score (nSPS) is 13.2. The zero-order valence-corrected chi connectivity index (χ0v) is 13.2. The standard InChI is InChI=1S/C18H16FN3O2/c1-10-15-16(13-6-3-7-14(13)21-18(15)24-22-10)17(23)20-9-11-4-2-5-12(19)8-11/h2,4-5,8H,3,6-7,9H2,1H3,(H,20,23). The summed E-state index contributed by atoms with van der Waals surface area (Å²) in [5, 5.41) is 7.49. The Morgan fingerprint density at radius 2 is 2.25 bits per heavy atom. The van der Waals surface area contributed by atoms with Gasteiger partial charge < -0.3 is 9.84 Å². The number of amides is 1. The van der Waals surface area contributed by atoms with Crippen LogP contribution in [0.1, 0.15) is 39.3 Å². The summed E-state index contributed by atoms with van der Waals surface area (Å²) in [5.74, 6) is -0.514. The average Bonchev–Trinajstić information content (AvgIpc) is 3.17. The van der Waals surface area contributed by atoms with Crippen molar-refractivity contribution in [1.29, 1.82) is 0 Å². The highest BCUT2D eigenvalue weighted by Gasteiger charge is 2.26. The molecular formula is C18H16FN3O2. The number of nitrogens with zero attached hydrogens (tertiary/aromatic N) is 2. The summed E-state index contributed by atoms with van der Waals surface area (Å²) < 4.78 is 18.5. The van der Waals surface area contributed by atoms with Crippen molar-refractivity contribution in [3.05, 3.63) is 58.2 Å². The van der Waals surface area contributed by atoms with Crippen molar-refractivity contribution in [3.8, 4) is 0 Å². The molecule has 6 heteroatoms. The number of hydrogen-bond donors (Lipinski definition) is 1. The monoisotopic (exact) mass is 325 g/mol. The molecular weight excluding hydrogens is 309 g/mol. The fourth-order valence-electron chi connectivity index (χ4n) is 3.28. The zero-order valence-electron chi connectivity index (χ0n) is 13.2. The largest absolute Gasteiger partial charge is 0.348 e. The molecule has 1 aliphatic rings. The SMILES string of the molecule is Cc1noc2nc3c(c(C(=O)NCc4cccc(F)c4)c12)CCC3. The minimum absolute atomic E-state index is 0.198. The Balaban J connectivity index is 1.70. The molecule has 0 unspecified atom stereocenters. The molecule has 1 aliphatic carbocycles. The summed E-state index contributed by atoms with van der Waals surface area (Å²) >= 11 is 0. The van der Waals surface area contributed by atoms with E-state index in [-0.39, 0.29) is 18.3 Å². The fraction of sp³-hybridized carbons (Fsp3) is 0.278. The Labute approximate surface area is 137 Å². The minimum Gasteiger partial charge on any atom is -0.348 e. The van der Waals surface area contributed by atoms with Gasteiger partial charge in [-0.15, -0.1) is 0 Å². The summed E-state index contributed by atoms with van der Waals surface area (Å²) in [6.45, 7) is 2.07. The number of carbonyl (C=O) groups is 1. The number of aryl methyl sites for hydroxylation is 2.